The topological polar surface area (TPSA) is 17.1 Å². The number of ketones is 1. The van der Waals surface area contributed by atoms with Gasteiger partial charge in [-0.05, 0) is 19.3 Å². The molecule has 0 bridgehead atoms. The van der Waals surface area contributed by atoms with E-state index in [1.807, 2.05) is 0 Å². The lowest BCUT2D eigenvalue weighted by molar-refractivity contribution is -0.117. The van der Waals surface area contributed by atoms with Gasteiger partial charge in [-0.2, -0.15) is 0 Å². The summed E-state index contributed by atoms with van der Waals surface area (Å²) >= 11 is 0. The van der Waals surface area contributed by atoms with Crippen LogP contribution in [0.2, 0.25) is 0 Å². The van der Waals surface area contributed by atoms with Gasteiger partial charge in [-0.1, -0.05) is 39.5 Å². The molecule has 0 rings (SSSR count). The second-order valence-electron chi connectivity index (χ2n) is 3.68. The predicted molar refractivity (Wildman–Crippen MR) is 53.2 cm³/mol. The van der Waals surface area contributed by atoms with E-state index in [1.165, 1.54) is 25.7 Å². The van der Waals surface area contributed by atoms with Crippen LogP contribution in [0.25, 0.3) is 0 Å². The van der Waals surface area contributed by atoms with E-state index in [0.717, 1.165) is 18.8 Å². The van der Waals surface area contributed by atoms with Gasteiger partial charge >= 0.3 is 0 Å². The number of hydrogen-bond acceptors (Lipinski definition) is 1. The van der Waals surface area contributed by atoms with E-state index in [9.17, 15) is 4.79 Å². The van der Waals surface area contributed by atoms with Crippen LogP contribution in [0.1, 0.15) is 59.3 Å². The highest BCUT2D eigenvalue weighted by molar-refractivity contribution is 5.75. The fourth-order valence-electron chi connectivity index (χ4n) is 1.66. The maximum Gasteiger partial charge on any atom is 0.129 e. The molecular weight excluding hydrogens is 148 g/mol. The van der Waals surface area contributed by atoms with Gasteiger partial charge in [0.1, 0.15) is 5.78 Å². The third-order valence-corrected chi connectivity index (χ3v) is 2.30. The molecule has 0 saturated heterocycles. The summed E-state index contributed by atoms with van der Waals surface area (Å²) in [5.74, 6) is 1.14. The van der Waals surface area contributed by atoms with Gasteiger partial charge in [0, 0.05) is 6.42 Å². The second kappa shape index (κ2) is 7.33. The molecular formula is C11H22O. The fourth-order valence-corrected chi connectivity index (χ4v) is 1.66. The molecule has 0 spiro atoms. The molecule has 0 radical (unpaired) electrons. The quantitative estimate of drug-likeness (QED) is 0.571. The van der Waals surface area contributed by atoms with E-state index >= 15 is 0 Å². The number of Topliss-reactive ketones (excluding diaryl/α,β-unsaturated/α-hetero) is 1. The first-order valence-corrected chi connectivity index (χ1v) is 5.20. The van der Waals surface area contributed by atoms with Crippen LogP contribution in [-0.2, 0) is 4.79 Å². The maximum absolute atomic E-state index is 10.8. The Kier molecular flexibility index (Phi) is 7.12. The van der Waals surface area contributed by atoms with E-state index in [0.29, 0.717) is 5.78 Å². The van der Waals surface area contributed by atoms with Gasteiger partial charge < -0.3 is 4.79 Å². The van der Waals surface area contributed by atoms with Gasteiger partial charge in [-0.25, -0.2) is 0 Å². The average Bonchev–Trinajstić information content (AvgIpc) is 2.01. The molecule has 0 aromatic rings. The monoisotopic (exact) mass is 170 g/mol. The number of hydrogen-bond donors (Lipinski definition) is 0. The van der Waals surface area contributed by atoms with Crippen molar-refractivity contribution >= 4 is 5.78 Å². The fraction of sp³-hybridized carbons (Fsp3) is 0.909. The zero-order valence-electron chi connectivity index (χ0n) is 8.73. The van der Waals surface area contributed by atoms with Crippen LogP contribution in [0.15, 0.2) is 0 Å². The summed E-state index contributed by atoms with van der Waals surface area (Å²) in [4.78, 5) is 10.8. The molecule has 12 heavy (non-hydrogen) atoms. The molecule has 1 nitrogen and oxygen atoms in total. The van der Waals surface area contributed by atoms with Crippen LogP contribution in [0, 0.1) is 5.92 Å². The first-order chi connectivity index (χ1) is 5.70. The van der Waals surface area contributed by atoms with E-state index in [4.69, 9.17) is 0 Å². The van der Waals surface area contributed by atoms with Crippen molar-refractivity contribution in [2.45, 2.75) is 59.3 Å². The molecule has 0 heterocycles. The van der Waals surface area contributed by atoms with Crippen molar-refractivity contribution in [1.29, 1.82) is 0 Å². The Labute approximate surface area is 76.6 Å². The molecule has 0 aliphatic heterocycles. The van der Waals surface area contributed by atoms with Crippen molar-refractivity contribution in [3.8, 4) is 0 Å². The lowest BCUT2D eigenvalue weighted by Gasteiger charge is -2.13. The van der Waals surface area contributed by atoms with Crippen LogP contribution in [0.5, 0.6) is 0 Å². The molecule has 0 aliphatic carbocycles. The van der Waals surface area contributed by atoms with Crippen LogP contribution in [0.4, 0.5) is 0 Å². The average molecular weight is 170 g/mol. The molecule has 1 heteroatoms. The number of carbonyl (C=O) groups is 1. The van der Waals surface area contributed by atoms with E-state index in [1.54, 1.807) is 6.92 Å². The lowest BCUT2D eigenvalue weighted by atomic mass is 9.93. The summed E-state index contributed by atoms with van der Waals surface area (Å²) < 4.78 is 0. The Balaban J connectivity index is 3.54. The summed E-state index contributed by atoms with van der Waals surface area (Å²) in [5, 5.41) is 0. The highest BCUT2D eigenvalue weighted by atomic mass is 16.1. The first kappa shape index (κ1) is 11.7. The molecule has 0 unspecified atom stereocenters. The molecule has 0 aromatic heterocycles. The Morgan fingerprint density at radius 2 is 1.58 bits per heavy atom. The normalized spacial score (nSPS) is 10.7. The molecule has 72 valence electrons. The van der Waals surface area contributed by atoms with Gasteiger partial charge in [0.15, 0.2) is 0 Å². The van der Waals surface area contributed by atoms with Crippen molar-refractivity contribution in [2.75, 3.05) is 0 Å². The standard InChI is InChI=1S/C11H22O/c1-4-6-11(7-5-2)9-8-10(3)12/h11H,4-9H2,1-3H3. The highest BCUT2D eigenvalue weighted by Crippen LogP contribution is 2.19. The molecule has 0 aromatic carbocycles. The Morgan fingerprint density at radius 3 is 1.92 bits per heavy atom. The van der Waals surface area contributed by atoms with Crippen LogP contribution >= 0.6 is 0 Å². The van der Waals surface area contributed by atoms with Gasteiger partial charge in [-0.15, -0.1) is 0 Å². The summed E-state index contributed by atoms with van der Waals surface area (Å²) in [6, 6.07) is 0. The van der Waals surface area contributed by atoms with Crippen LogP contribution in [-0.4, -0.2) is 5.78 Å². The third kappa shape index (κ3) is 6.38. The van der Waals surface area contributed by atoms with Crippen LogP contribution < -0.4 is 0 Å². The van der Waals surface area contributed by atoms with Gasteiger partial charge in [0.25, 0.3) is 0 Å². The summed E-state index contributed by atoms with van der Waals surface area (Å²) in [5.41, 5.74) is 0. The maximum atomic E-state index is 10.8. The van der Waals surface area contributed by atoms with Gasteiger partial charge in [0.05, 0.1) is 0 Å². The summed E-state index contributed by atoms with van der Waals surface area (Å²) in [6.45, 7) is 6.13. The minimum atomic E-state index is 0.340. The van der Waals surface area contributed by atoms with E-state index in [-0.39, 0.29) is 0 Å². The SMILES string of the molecule is CCCC(CCC)CCC(C)=O. The zero-order valence-corrected chi connectivity index (χ0v) is 8.73. The largest absolute Gasteiger partial charge is 0.300 e. The Morgan fingerprint density at radius 1 is 1.08 bits per heavy atom. The first-order valence-electron chi connectivity index (χ1n) is 5.20. The summed E-state index contributed by atoms with van der Waals surface area (Å²) in [7, 11) is 0. The smallest absolute Gasteiger partial charge is 0.129 e. The minimum Gasteiger partial charge on any atom is -0.300 e. The zero-order chi connectivity index (χ0) is 9.40. The molecule has 0 atom stereocenters. The number of rotatable bonds is 7. The molecule has 0 aliphatic rings. The predicted octanol–water partition coefficient (Wildman–Crippen LogP) is 3.57. The van der Waals surface area contributed by atoms with Gasteiger partial charge in [0.2, 0.25) is 0 Å². The lowest BCUT2D eigenvalue weighted by Crippen LogP contribution is -2.02. The molecule has 0 fully saturated rings. The molecule has 0 amide bonds. The summed E-state index contributed by atoms with van der Waals surface area (Å²) in [6.07, 6.45) is 6.98. The van der Waals surface area contributed by atoms with Crippen molar-refractivity contribution in [1.82, 2.24) is 0 Å². The van der Waals surface area contributed by atoms with E-state index < -0.39 is 0 Å². The van der Waals surface area contributed by atoms with Crippen molar-refractivity contribution < 1.29 is 4.79 Å². The highest BCUT2D eigenvalue weighted by Gasteiger charge is 2.07. The van der Waals surface area contributed by atoms with E-state index in [2.05, 4.69) is 13.8 Å². The van der Waals surface area contributed by atoms with Crippen molar-refractivity contribution in [2.24, 2.45) is 5.92 Å². The van der Waals surface area contributed by atoms with Gasteiger partial charge in [-0.3, -0.25) is 0 Å². The minimum absolute atomic E-state index is 0.340. The third-order valence-electron chi connectivity index (χ3n) is 2.30. The second-order valence-corrected chi connectivity index (χ2v) is 3.68. The van der Waals surface area contributed by atoms with Crippen molar-refractivity contribution in [3.05, 3.63) is 0 Å². The number of carbonyl (C=O) groups excluding carboxylic acids is 1. The Hall–Kier alpha value is -0.330. The Bertz CT molecular complexity index is 112. The molecule has 0 saturated carbocycles. The van der Waals surface area contributed by atoms with Crippen molar-refractivity contribution in [3.63, 3.8) is 0 Å². The molecule has 0 N–H and O–H groups in total. The van der Waals surface area contributed by atoms with Crippen LogP contribution in [0.3, 0.4) is 0 Å².